The van der Waals surface area contributed by atoms with Crippen LogP contribution >= 0.6 is 11.6 Å². The average molecular weight is 284 g/mol. The summed E-state index contributed by atoms with van der Waals surface area (Å²) in [7, 11) is 0. The van der Waals surface area contributed by atoms with E-state index in [9.17, 15) is 14.9 Å². The van der Waals surface area contributed by atoms with Gasteiger partial charge in [-0.05, 0) is 24.8 Å². The molecule has 1 unspecified atom stereocenters. The lowest BCUT2D eigenvalue weighted by molar-refractivity contribution is -0.384. The minimum absolute atomic E-state index is 0.0946. The largest absolute Gasteiger partial charge is 0.348 e. The van der Waals surface area contributed by atoms with E-state index in [1.807, 2.05) is 0 Å². The van der Waals surface area contributed by atoms with Crippen molar-refractivity contribution in [3.63, 3.8) is 0 Å². The van der Waals surface area contributed by atoms with Crippen LogP contribution in [0.4, 0.5) is 5.69 Å². The molecule has 0 heterocycles. The van der Waals surface area contributed by atoms with E-state index in [2.05, 4.69) is 5.32 Å². The van der Waals surface area contributed by atoms with Crippen molar-refractivity contribution in [2.24, 2.45) is 11.7 Å². The van der Waals surface area contributed by atoms with Gasteiger partial charge < -0.3 is 11.1 Å². The maximum absolute atomic E-state index is 12.1. The number of carbonyl (C=O) groups excluding carboxylic acids is 1. The van der Waals surface area contributed by atoms with E-state index in [0.29, 0.717) is 12.5 Å². The van der Waals surface area contributed by atoms with Crippen LogP contribution in [0.1, 0.15) is 23.2 Å². The number of hydrogen-bond acceptors (Lipinski definition) is 4. The van der Waals surface area contributed by atoms with E-state index >= 15 is 0 Å². The number of nitrogens with zero attached hydrogens (tertiary/aromatic N) is 1. The number of benzene rings is 1. The molecule has 102 valence electrons. The predicted molar refractivity (Wildman–Crippen MR) is 71.1 cm³/mol. The number of non-ortho nitro benzene ring substituents is 1. The van der Waals surface area contributed by atoms with Gasteiger partial charge in [-0.2, -0.15) is 0 Å². The summed E-state index contributed by atoms with van der Waals surface area (Å²) in [6.07, 6.45) is 2.09. The number of nitro groups is 1. The molecule has 0 aliphatic heterocycles. The van der Waals surface area contributed by atoms with Crippen LogP contribution in [-0.4, -0.2) is 23.4 Å². The summed E-state index contributed by atoms with van der Waals surface area (Å²) in [5, 5.41) is 13.7. The number of nitro benzene ring substituents is 1. The number of amides is 1. The molecule has 0 spiro atoms. The van der Waals surface area contributed by atoms with E-state index in [1.54, 1.807) is 0 Å². The predicted octanol–water partition coefficient (Wildman–Crippen LogP) is 1.72. The summed E-state index contributed by atoms with van der Waals surface area (Å²) in [5.41, 5.74) is 5.54. The maximum atomic E-state index is 12.1. The smallest absolute Gasteiger partial charge is 0.270 e. The zero-order chi connectivity index (χ0) is 14.0. The molecule has 1 amide bonds. The summed E-state index contributed by atoms with van der Waals surface area (Å²) < 4.78 is 0. The molecule has 1 aromatic carbocycles. The van der Waals surface area contributed by atoms with Gasteiger partial charge >= 0.3 is 0 Å². The van der Waals surface area contributed by atoms with Gasteiger partial charge in [-0.25, -0.2) is 0 Å². The number of rotatable bonds is 5. The Hall–Kier alpha value is -1.66. The fourth-order valence-corrected chi connectivity index (χ4v) is 2.12. The molecule has 0 saturated heterocycles. The number of nitrogens with two attached hydrogens (primary N) is 1. The Bertz CT molecular complexity index is 517. The molecule has 1 fully saturated rings. The highest BCUT2D eigenvalue weighted by molar-refractivity contribution is 6.33. The van der Waals surface area contributed by atoms with Crippen LogP contribution in [0.5, 0.6) is 0 Å². The molecule has 0 bridgehead atoms. The molecular formula is C12H14ClN3O3. The zero-order valence-electron chi connectivity index (χ0n) is 10.1. The molecular weight excluding hydrogens is 270 g/mol. The van der Waals surface area contributed by atoms with Gasteiger partial charge in [-0.15, -0.1) is 0 Å². The monoisotopic (exact) mass is 283 g/mol. The van der Waals surface area contributed by atoms with Crippen molar-refractivity contribution in [2.45, 2.75) is 18.9 Å². The van der Waals surface area contributed by atoms with Crippen LogP contribution in [0.3, 0.4) is 0 Å². The van der Waals surface area contributed by atoms with E-state index in [4.69, 9.17) is 17.3 Å². The third kappa shape index (κ3) is 3.21. The van der Waals surface area contributed by atoms with E-state index in [0.717, 1.165) is 12.8 Å². The summed E-state index contributed by atoms with van der Waals surface area (Å²) in [5.74, 6) is -0.0116. The van der Waals surface area contributed by atoms with Crippen LogP contribution < -0.4 is 11.1 Å². The Morgan fingerprint density at radius 3 is 2.79 bits per heavy atom. The van der Waals surface area contributed by atoms with Crippen molar-refractivity contribution in [3.05, 3.63) is 38.9 Å². The Balaban J connectivity index is 2.17. The molecule has 0 radical (unpaired) electrons. The van der Waals surface area contributed by atoms with Gasteiger partial charge in [0.15, 0.2) is 0 Å². The Labute approximate surface area is 115 Å². The van der Waals surface area contributed by atoms with E-state index in [-0.39, 0.29) is 22.3 Å². The summed E-state index contributed by atoms with van der Waals surface area (Å²) in [6.45, 7) is 0.350. The molecule has 1 saturated carbocycles. The van der Waals surface area contributed by atoms with Gasteiger partial charge in [0.1, 0.15) is 0 Å². The summed E-state index contributed by atoms with van der Waals surface area (Å²) >= 11 is 5.90. The van der Waals surface area contributed by atoms with Crippen LogP contribution in [0.25, 0.3) is 0 Å². The molecule has 7 heteroatoms. The fraction of sp³-hybridized carbons (Fsp3) is 0.417. The van der Waals surface area contributed by atoms with Crippen molar-refractivity contribution in [3.8, 4) is 0 Å². The van der Waals surface area contributed by atoms with Crippen LogP contribution in [0.15, 0.2) is 18.2 Å². The maximum Gasteiger partial charge on any atom is 0.270 e. The lowest BCUT2D eigenvalue weighted by Crippen LogP contribution is -2.41. The highest BCUT2D eigenvalue weighted by atomic mass is 35.5. The Morgan fingerprint density at radius 1 is 1.58 bits per heavy atom. The molecule has 0 aromatic heterocycles. The lowest BCUT2D eigenvalue weighted by atomic mass is 10.1. The second-order valence-corrected chi connectivity index (χ2v) is 4.98. The van der Waals surface area contributed by atoms with Gasteiger partial charge in [-0.1, -0.05) is 11.6 Å². The average Bonchev–Trinajstić information content (AvgIpc) is 3.20. The third-order valence-electron chi connectivity index (χ3n) is 3.17. The van der Waals surface area contributed by atoms with Gasteiger partial charge in [0.2, 0.25) is 0 Å². The minimum atomic E-state index is -0.561. The van der Waals surface area contributed by atoms with E-state index < -0.39 is 10.8 Å². The first-order valence-corrected chi connectivity index (χ1v) is 6.35. The van der Waals surface area contributed by atoms with Gasteiger partial charge in [0, 0.05) is 24.7 Å². The molecule has 3 N–H and O–H groups in total. The molecule has 19 heavy (non-hydrogen) atoms. The molecule has 1 aliphatic carbocycles. The SMILES string of the molecule is NCC(NC(=O)c1cc([N+](=O)[O-])ccc1Cl)C1CC1. The van der Waals surface area contributed by atoms with Gasteiger partial charge in [0.25, 0.3) is 11.6 Å². The first-order valence-electron chi connectivity index (χ1n) is 5.97. The number of hydrogen-bond donors (Lipinski definition) is 2. The zero-order valence-corrected chi connectivity index (χ0v) is 10.9. The van der Waals surface area contributed by atoms with Crippen LogP contribution in [-0.2, 0) is 0 Å². The lowest BCUT2D eigenvalue weighted by Gasteiger charge is -2.16. The quantitative estimate of drug-likeness (QED) is 0.635. The highest BCUT2D eigenvalue weighted by Crippen LogP contribution is 2.32. The second kappa shape index (κ2) is 5.54. The summed E-state index contributed by atoms with van der Waals surface area (Å²) in [4.78, 5) is 22.2. The third-order valence-corrected chi connectivity index (χ3v) is 3.50. The molecule has 1 atom stereocenters. The molecule has 1 aliphatic rings. The molecule has 1 aromatic rings. The van der Waals surface area contributed by atoms with Crippen LogP contribution in [0, 0.1) is 16.0 Å². The van der Waals surface area contributed by atoms with Crippen molar-refractivity contribution in [2.75, 3.05) is 6.54 Å². The number of halogens is 1. The van der Waals surface area contributed by atoms with E-state index in [1.165, 1.54) is 18.2 Å². The van der Waals surface area contributed by atoms with Crippen LogP contribution in [0.2, 0.25) is 5.02 Å². The Kier molecular flexibility index (Phi) is 4.01. The highest BCUT2D eigenvalue weighted by Gasteiger charge is 2.31. The number of nitrogens with one attached hydrogen (secondary N) is 1. The first-order chi connectivity index (χ1) is 9.02. The minimum Gasteiger partial charge on any atom is -0.348 e. The number of carbonyl (C=O) groups is 1. The Morgan fingerprint density at radius 2 is 2.26 bits per heavy atom. The van der Waals surface area contributed by atoms with Gasteiger partial charge in [0.05, 0.1) is 15.5 Å². The fourth-order valence-electron chi connectivity index (χ4n) is 1.91. The molecule has 6 nitrogen and oxygen atoms in total. The van der Waals surface area contributed by atoms with Gasteiger partial charge in [-0.3, -0.25) is 14.9 Å². The van der Waals surface area contributed by atoms with Crippen molar-refractivity contribution in [1.82, 2.24) is 5.32 Å². The van der Waals surface area contributed by atoms with Crippen molar-refractivity contribution >= 4 is 23.2 Å². The second-order valence-electron chi connectivity index (χ2n) is 4.57. The standard InChI is InChI=1S/C12H14ClN3O3/c13-10-4-3-8(16(18)19)5-9(10)12(17)15-11(6-14)7-1-2-7/h3-5,7,11H,1-2,6,14H2,(H,15,17). The van der Waals surface area contributed by atoms with Crippen molar-refractivity contribution < 1.29 is 9.72 Å². The summed E-state index contributed by atoms with van der Waals surface area (Å²) in [6, 6.07) is 3.70. The molecule has 2 rings (SSSR count). The first kappa shape index (κ1) is 13.8. The van der Waals surface area contributed by atoms with Crippen molar-refractivity contribution in [1.29, 1.82) is 0 Å². The normalized spacial score (nSPS) is 15.9. The topological polar surface area (TPSA) is 98.3 Å².